The zero-order valence-corrected chi connectivity index (χ0v) is 22.3. The Labute approximate surface area is 223 Å². The molecule has 0 bridgehead atoms. The van der Waals surface area contributed by atoms with E-state index >= 15 is 0 Å². The summed E-state index contributed by atoms with van der Waals surface area (Å²) in [6.07, 6.45) is -2.89. The summed E-state index contributed by atoms with van der Waals surface area (Å²) in [6, 6.07) is 8.99. The van der Waals surface area contributed by atoms with E-state index in [0.717, 1.165) is 18.6 Å². The van der Waals surface area contributed by atoms with Crippen LogP contribution in [-0.2, 0) is 35.6 Å². The smallest absolute Gasteiger partial charge is 0.417 e. The number of rotatable bonds is 10. The maximum atomic E-state index is 13.5. The minimum atomic E-state index is -4.87. The molecule has 1 aromatic heterocycles. The molecule has 0 atom stereocenters. The third kappa shape index (κ3) is 6.66. The van der Waals surface area contributed by atoms with Crippen LogP contribution in [-0.4, -0.2) is 50.5 Å². The van der Waals surface area contributed by atoms with Gasteiger partial charge in [-0.3, -0.25) is 4.72 Å². The minimum Gasteiger partial charge on any atom is -0.491 e. The van der Waals surface area contributed by atoms with Crippen molar-refractivity contribution in [1.29, 1.82) is 0 Å². The van der Waals surface area contributed by atoms with E-state index in [2.05, 4.69) is 14.7 Å². The van der Waals surface area contributed by atoms with Crippen LogP contribution in [0.4, 0.5) is 19.0 Å². The van der Waals surface area contributed by atoms with Crippen molar-refractivity contribution in [3.05, 3.63) is 70.0 Å². The Morgan fingerprint density at radius 3 is 2.47 bits per heavy atom. The lowest BCUT2D eigenvalue weighted by atomic mass is 10.2. The van der Waals surface area contributed by atoms with Crippen LogP contribution in [0.25, 0.3) is 0 Å². The molecule has 3 aromatic rings. The third-order valence-electron chi connectivity index (χ3n) is 5.73. The fraction of sp³-hybridized carbons (Fsp3) is 0.360. The fourth-order valence-electron chi connectivity index (χ4n) is 3.83. The van der Waals surface area contributed by atoms with Crippen LogP contribution in [0.3, 0.4) is 0 Å². The van der Waals surface area contributed by atoms with E-state index in [-0.39, 0.29) is 18.3 Å². The van der Waals surface area contributed by atoms with Crippen LogP contribution in [0.15, 0.2) is 47.4 Å². The number of aromatic nitrogens is 2. The molecule has 204 valence electrons. The summed E-state index contributed by atoms with van der Waals surface area (Å²) >= 11 is 6.23. The van der Waals surface area contributed by atoms with Gasteiger partial charge in [-0.1, -0.05) is 29.8 Å². The first-order chi connectivity index (χ1) is 17.9. The molecule has 1 aliphatic rings. The number of hydrogen-bond donors (Lipinski definition) is 1. The van der Waals surface area contributed by atoms with Crippen LogP contribution < -0.4 is 14.2 Å². The molecule has 4 rings (SSSR count). The number of hydrogen-bond acceptors (Lipinski definition) is 7. The fourth-order valence-corrected chi connectivity index (χ4v) is 5.23. The van der Waals surface area contributed by atoms with Crippen molar-refractivity contribution in [2.24, 2.45) is 0 Å². The molecule has 0 saturated heterocycles. The molecule has 0 aliphatic heterocycles. The molecule has 0 fully saturated rings. The van der Waals surface area contributed by atoms with Crippen molar-refractivity contribution in [1.82, 2.24) is 14.9 Å². The molecule has 38 heavy (non-hydrogen) atoms. The molecule has 1 N–H and O–H groups in total. The van der Waals surface area contributed by atoms with E-state index in [0.29, 0.717) is 59.8 Å². The zero-order chi connectivity index (χ0) is 27.5. The molecular formula is C25H26ClF3N4O4S. The normalized spacial score (nSPS) is 13.4. The Morgan fingerprint density at radius 2 is 1.76 bits per heavy atom. The van der Waals surface area contributed by atoms with Gasteiger partial charge in [-0.2, -0.15) is 13.2 Å². The molecule has 0 amide bonds. The SMILES string of the molecule is CN(C)CCOc1cc(COc2nc3c(nc2NS(=O)(=O)c2ccccc2C(F)(F)F)CCC3)ccc1Cl. The third-order valence-corrected chi connectivity index (χ3v) is 7.44. The highest BCUT2D eigenvalue weighted by Crippen LogP contribution is 2.36. The number of benzene rings is 2. The van der Waals surface area contributed by atoms with Gasteiger partial charge in [0.2, 0.25) is 5.82 Å². The second-order valence-electron chi connectivity index (χ2n) is 8.93. The number of anilines is 1. The Balaban J connectivity index is 1.60. The van der Waals surface area contributed by atoms with Crippen molar-refractivity contribution in [3.63, 3.8) is 0 Å². The number of nitrogens with zero attached hydrogens (tertiary/aromatic N) is 3. The molecular weight excluding hydrogens is 545 g/mol. The lowest BCUT2D eigenvalue weighted by Crippen LogP contribution is -2.20. The predicted octanol–water partition coefficient (Wildman–Crippen LogP) is 4.96. The molecule has 8 nitrogen and oxygen atoms in total. The molecule has 2 aromatic carbocycles. The van der Waals surface area contributed by atoms with Crippen molar-refractivity contribution >= 4 is 27.4 Å². The van der Waals surface area contributed by atoms with Crippen LogP contribution in [0.1, 0.15) is 28.9 Å². The van der Waals surface area contributed by atoms with Crippen molar-refractivity contribution in [2.75, 3.05) is 32.0 Å². The number of nitrogens with one attached hydrogen (secondary N) is 1. The Morgan fingerprint density at radius 1 is 1.05 bits per heavy atom. The second-order valence-corrected chi connectivity index (χ2v) is 11.0. The number of sulfonamides is 1. The molecule has 0 radical (unpaired) electrons. The van der Waals surface area contributed by atoms with Gasteiger partial charge in [-0.25, -0.2) is 18.4 Å². The quantitative estimate of drug-likeness (QED) is 0.368. The van der Waals surface area contributed by atoms with E-state index in [4.69, 9.17) is 21.1 Å². The summed E-state index contributed by atoms with van der Waals surface area (Å²) in [7, 11) is -0.839. The number of fused-ring (bicyclic) bond motifs is 1. The Hall–Kier alpha value is -3.09. The Bertz CT molecular complexity index is 1420. The summed E-state index contributed by atoms with van der Waals surface area (Å²) in [5.41, 5.74) is 0.601. The van der Waals surface area contributed by atoms with Gasteiger partial charge in [0.25, 0.3) is 15.9 Å². The van der Waals surface area contributed by atoms with Gasteiger partial charge < -0.3 is 14.4 Å². The number of halogens is 4. The van der Waals surface area contributed by atoms with Gasteiger partial charge in [0, 0.05) is 6.54 Å². The zero-order valence-electron chi connectivity index (χ0n) is 20.7. The molecule has 1 aliphatic carbocycles. The van der Waals surface area contributed by atoms with E-state index < -0.39 is 26.7 Å². The number of ether oxygens (including phenoxy) is 2. The lowest BCUT2D eigenvalue weighted by molar-refractivity contribution is -0.139. The molecule has 0 saturated carbocycles. The van der Waals surface area contributed by atoms with Crippen molar-refractivity contribution in [2.45, 2.75) is 36.9 Å². The van der Waals surface area contributed by atoms with E-state index in [1.165, 1.54) is 6.07 Å². The van der Waals surface area contributed by atoms with Gasteiger partial charge in [0.1, 0.15) is 19.0 Å². The van der Waals surface area contributed by atoms with Crippen LogP contribution in [0.2, 0.25) is 5.02 Å². The first-order valence-electron chi connectivity index (χ1n) is 11.7. The molecule has 0 unspecified atom stereocenters. The molecule has 0 spiro atoms. The van der Waals surface area contributed by atoms with Gasteiger partial charge >= 0.3 is 6.18 Å². The number of aryl methyl sites for hydroxylation is 2. The highest BCUT2D eigenvalue weighted by atomic mass is 35.5. The van der Waals surface area contributed by atoms with Gasteiger partial charge in [-0.15, -0.1) is 0 Å². The summed E-state index contributed by atoms with van der Waals surface area (Å²) in [5.74, 6) is 0.0436. The average molecular weight is 571 g/mol. The molecule has 13 heteroatoms. The van der Waals surface area contributed by atoms with Crippen molar-refractivity contribution < 1.29 is 31.1 Å². The van der Waals surface area contributed by atoms with Gasteiger partial charge in [-0.05, 0) is 63.2 Å². The second kappa shape index (κ2) is 11.3. The molecule has 1 heterocycles. The van der Waals surface area contributed by atoms with Crippen LogP contribution >= 0.6 is 11.6 Å². The predicted molar refractivity (Wildman–Crippen MR) is 136 cm³/mol. The van der Waals surface area contributed by atoms with Gasteiger partial charge in [0.15, 0.2) is 0 Å². The summed E-state index contributed by atoms with van der Waals surface area (Å²) in [4.78, 5) is 9.82. The Kier molecular flexibility index (Phi) is 8.34. The topological polar surface area (TPSA) is 93.7 Å². The van der Waals surface area contributed by atoms with Crippen molar-refractivity contribution in [3.8, 4) is 11.6 Å². The van der Waals surface area contributed by atoms with Crippen LogP contribution in [0.5, 0.6) is 11.6 Å². The van der Waals surface area contributed by atoms with E-state index in [1.54, 1.807) is 18.2 Å². The summed E-state index contributed by atoms with van der Waals surface area (Å²) in [5, 5.41) is 0.418. The summed E-state index contributed by atoms with van der Waals surface area (Å²) < 4.78 is 80.3. The van der Waals surface area contributed by atoms with E-state index in [1.807, 2.05) is 19.0 Å². The first kappa shape index (κ1) is 27.9. The van der Waals surface area contributed by atoms with E-state index in [9.17, 15) is 21.6 Å². The summed E-state index contributed by atoms with van der Waals surface area (Å²) in [6.45, 7) is 1.06. The maximum Gasteiger partial charge on any atom is 0.417 e. The monoisotopic (exact) mass is 570 g/mol. The highest BCUT2D eigenvalue weighted by Gasteiger charge is 2.37. The minimum absolute atomic E-state index is 0.0391. The lowest BCUT2D eigenvalue weighted by Gasteiger charge is -2.17. The number of likely N-dealkylation sites (N-methyl/N-ethyl adjacent to an activating group) is 1. The van der Waals surface area contributed by atoms with Crippen LogP contribution in [0, 0.1) is 0 Å². The average Bonchev–Trinajstić information content (AvgIpc) is 3.30. The van der Waals surface area contributed by atoms with Gasteiger partial charge in [0.05, 0.1) is 26.9 Å². The largest absolute Gasteiger partial charge is 0.491 e. The number of alkyl halides is 3. The maximum absolute atomic E-state index is 13.5. The first-order valence-corrected chi connectivity index (χ1v) is 13.6. The standard InChI is InChI=1S/C25H26ClF3N4O4S/c1-33(2)12-13-36-21-14-16(10-11-18(21)26)15-37-24-23(30-19-7-5-8-20(19)31-24)32-38(34,35)22-9-4-3-6-17(22)25(27,28)29/h3-4,6,9-11,14H,5,7-8,12-13,15H2,1-2H3,(H,30,32). The highest BCUT2D eigenvalue weighted by molar-refractivity contribution is 7.92.